The molecular weight excluding hydrogens is 250 g/mol. The fourth-order valence-corrected chi connectivity index (χ4v) is 2.77. The third kappa shape index (κ3) is 2.72. The Labute approximate surface area is 118 Å². The standard InChI is InChI=1S/C16H17N3O/c17-10-4-3-7-15-18-16(19-20-15)14-9-8-12-5-1-2-6-13(12)11-14/h1-2,5-6,14H,3-4,7-9,11H2. The van der Waals surface area contributed by atoms with Crippen LogP contribution in [0.3, 0.4) is 0 Å². The van der Waals surface area contributed by atoms with E-state index in [1.54, 1.807) is 0 Å². The molecule has 2 aromatic rings. The molecule has 0 fully saturated rings. The van der Waals surface area contributed by atoms with Gasteiger partial charge in [0.15, 0.2) is 5.82 Å². The van der Waals surface area contributed by atoms with Crippen LogP contribution >= 0.6 is 0 Å². The molecule has 4 heteroatoms. The summed E-state index contributed by atoms with van der Waals surface area (Å²) in [7, 11) is 0. The molecule has 0 aliphatic heterocycles. The van der Waals surface area contributed by atoms with Gasteiger partial charge in [-0.25, -0.2) is 0 Å². The van der Waals surface area contributed by atoms with Crippen molar-refractivity contribution >= 4 is 0 Å². The van der Waals surface area contributed by atoms with Crippen molar-refractivity contribution in [1.29, 1.82) is 5.26 Å². The van der Waals surface area contributed by atoms with Gasteiger partial charge in [0.2, 0.25) is 5.89 Å². The molecule has 1 heterocycles. The molecule has 0 radical (unpaired) electrons. The largest absolute Gasteiger partial charge is 0.339 e. The maximum Gasteiger partial charge on any atom is 0.226 e. The maximum absolute atomic E-state index is 8.53. The van der Waals surface area contributed by atoms with E-state index < -0.39 is 0 Å². The zero-order valence-corrected chi connectivity index (χ0v) is 11.4. The van der Waals surface area contributed by atoms with Gasteiger partial charge in [-0.2, -0.15) is 10.2 Å². The normalized spacial score (nSPS) is 17.4. The van der Waals surface area contributed by atoms with Gasteiger partial charge in [0.05, 0.1) is 6.07 Å². The van der Waals surface area contributed by atoms with Gasteiger partial charge in [-0.3, -0.25) is 0 Å². The van der Waals surface area contributed by atoms with Crippen molar-refractivity contribution in [3.8, 4) is 6.07 Å². The number of nitriles is 1. The van der Waals surface area contributed by atoms with E-state index in [4.69, 9.17) is 9.78 Å². The predicted octanol–water partition coefficient (Wildman–Crippen LogP) is 3.19. The Hall–Kier alpha value is -2.15. The highest BCUT2D eigenvalue weighted by molar-refractivity contribution is 5.31. The molecule has 0 N–H and O–H groups in total. The van der Waals surface area contributed by atoms with Crippen molar-refractivity contribution < 1.29 is 4.52 Å². The molecule has 0 bridgehead atoms. The van der Waals surface area contributed by atoms with Gasteiger partial charge in [-0.05, 0) is 36.8 Å². The molecule has 1 atom stereocenters. The minimum atomic E-state index is 0.360. The zero-order valence-electron chi connectivity index (χ0n) is 11.4. The van der Waals surface area contributed by atoms with E-state index >= 15 is 0 Å². The van der Waals surface area contributed by atoms with Crippen LogP contribution in [0.5, 0.6) is 0 Å². The molecule has 0 spiro atoms. The summed E-state index contributed by atoms with van der Waals surface area (Å²) in [6.45, 7) is 0. The van der Waals surface area contributed by atoms with Crippen LogP contribution in [0.25, 0.3) is 0 Å². The van der Waals surface area contributed by atoms with Crippen molar-refractivity contribution in [3.63, 3.8) is 0 Å². The van der Waals surface area contributed by atoms with Crippen LogP contribution in [0.15, 0.2) is 28.8 Å². The van der Waals surface area contributed by atoms with Crippen LogP contribution in [-0.2, 0) is 19.3 Å². The van der Waals surface area contributed by atoms with E-state index in [1.807, 2.05) is 0 Å². The van der Waals surface area contributed by atoms with Crippen LogP contribution in [-0.4, -0.2) is 10.1 Å². The van der Waals surface area contributed by atoms with Crippen LogP contribution < -0.4 is 0 Å². The number of hydrogen-bond acceptors (Lipinski definition) is 4. The second kappa shape index (κ2) is 5.87. The van der Waals surface area contributed by atoms with E-state index in [9.17, 15) is 0 Å². The number of aromatic nitrogens is 2. The summed E-state index contributed by atoms with van der Waals surface area (Å²) in [6.07, 6.45) is 5.17. The molecular formula is C16H17N3O. The average Bonchev–Trinajstić information content (AvgIpc) is 2.96. The van der Waals surface area contributed by atoms with Crippen molar-refractivity contribution in [2.24, 2.45) is 0 Å². The van der Waals surface area contributed by atoms with Gasteiger partial charge in [-0.15, -0.1) is 0 Å². The minimum Gasteiger partial charge on any atom is -0.339 e. The lowest BCUT2D eigenvalue weighted by molar-refractivity contribution is 0.365. The summed E-state index contributed by atoms with van der Waals surface area (Å²) in [5.74, 6) is 1.85. The van der Waals surface area contributed by atoms with E-state index in [-0.39, 0.29) is 0 Å². The van der Waals surface area contributed by atoms with Crippen LogP contribution in [0.2, 0.25) is 0 Å². The summed E-state index contributed by atoms with van der Waals surface area (Å²) < 4.78 is 5.28. The number of hydrogen-bond donors (Lipinski definition) is 0. The van der Waals surface area contributed by atoms with Gasteiger partial charge < -0.3 is 4.52 Å². The first-order valence-corrected chi connectivity index (χ1v) is 7.13. The molecule has 0 saturated carbocycles. The second-order valence-electron chi connectivity index (χ2n) is 5.27. The maximum atomic E-state index is 8.53. The van der Waals surface area contributed by atoms with Crippen LogP contribution in [0, 0.1) is 11.3 Å². The quantitative estimate of drug-likeness (QED) is 0.798. The van der Waals surface area contributed by atoms with Gasteiger partial charge in [0.25, 0.3) is 0 Å². The number of rotatable bonds is 4. The van der Waals surface area contributed by atoms with E-state index in [0.29, 0.717) is 24.7 Å². The van der Waals surface area contributed by atoms with E-state index in [2.05, 4.69) is 40.5 Å². The van der Waals surface area contributed by atoms with E-state index in [1.165, 1.54) is 11.1 Å². The van der Waals surface area contributed by atoms with Crippen LogP contribution in [0.4, 0.5) is 0 Å². The highest BCUT2D eigenvalue weighted by Gasteiger charge is 2.23. The Morgan fingerprint density at radius 2 is 2.15 bits per heavy atom. The average molecular weight is 267 g/mol. The molecule has 1 aliphatic carbocycles. The molecule has 0 amide bonds. The highest BCUT2D eigenvalue weighted by Crippen LogP contribution is 2.31. The second-order valence-corrected chi connectivity index (χ2v) is 5.27. The molecule has 1 aromatic carbocycles. The van der Waals surface area contributed by atoms with Gasteiger partial charge in [0, 0.05) is 18.8 Å². The fraction of sp³-hybridized carbons (Fsp3) is 0.438. The molecule has 3 rings (SSSR count). The third-order valence-electron chi connectivity index (χ3n) is 3.88. The minimum absolute atomic E-state index is 0.360. The molecule has 1 aliphatic rings. The topological polar surface area (TPSA) is 62.7 Å². The van der Waals surface area contributed by atoms with Gasteiger partial charge >= 0.3 is 0 Å². The Kier molecular flexibility index (Phi) is 3.78. The lowest BCUT2D eigenvalue weighted by Gasteiger charge is -2.21. The fourth-order valence-electron chi connectivity index (χ4n) is 2.77. The smallest absolute Gasteiger partial charge is 0.226 e. The Morgan fingerprint density at radius 1 is 1.30 bits per heavy atom. The van der Waals surface area contributed by atoms with Gasteiger partial charge in [-0.1, -0.05) is 29.4 Å². The van der Waals surface area contributed by atoms with Gasteiger partial charge in [0.1, 0.15) is 0 Å². The molecule has 4 nitrogen and oxygen atoms in total. The number of unbranched alkanes of at least 4 members (excludes halogenated alkanes) is 1. The lowest BCUT2D eigenvalue weighted by Crippen LogP contribution is -2.13. The number of nitrogens with zero attached hydrogens (tertiary/aromatic N) is 3. The van der Waals surface area contributed by atoms with Crippen LogP contribution in [0.1, 0.15) is 48.0 Å². The Morgan fingerprint density at radius 3 is 3.00 bits per heavy atom. The molecule has 102 valence electrons. The monoisotopic (exact) mass is 267 g/mol. The predicted molar refractivity (Wildman–Crippen MR) is 74.1 cm³/mol. The Balaban J connectivity index is 1.67. The van der Waals surface area contributed by atoms with Crippen molar-refractivity contribution in [1.82, 2.24) is 10.1 Å². The molecule has 20 heavy (non-hydrogen) atoms. The van der Waals surface area contributed by atoms with E-state index in [0.717, 1.165) is 31.5 Å². The number of fused-ring (bicyclic) bond motifs is 1. The summed E-state index contributed by atoms with van der Waals surface area (Å²) in [5, 5.41) is 12.7. The van der Waals surface area contributed by atoms with Crippen molar-refractivity contribution in [2.45, 2.75) is 44.4 Å². The first-order valence-electron chi connectivity index (χ1n) is 7.13. The number of benzene rings is 1. The molecule has 1 aromatic heterocycles. The summed E-state index contributed by atoms with van der Waals surface area (Å²) in [4.78, 5) is 4.49. The summed E-state index contributed by atoms with van der Waals surface area (Å²) in [6, 6.07) is 10.7. The third-order valence-corrected chi connectivity index (χ3v) is 3.88. The first kappa shape index (κ1) is 12.9. The van der Waals surface area contributed by atoms with Crippen molar-refractivity contribution in [2.75, 3.05) is 0 Å². The molecule has 1 unspecified atom stereocenters. The number of aryl methyl sites for hydroxylation is 2. The Bertz CT molecular complexity index is 627. The highest BCUT2D eigenvalue weighted by atomic mass is 16.5. The first-order chi connectivity index (χ1) is 9.86. The summed E-state index contributed by atoms with van der Waals surface area (Å²) >= 11 is 0. The lowest BCUT2D eigenvalue weighted by atomic mass is 9.83. The summed E-state index contributed by atoms with van der Waals surface area (Å²) in [5.41, 5.74) is 2.85. The SMILES string of the molecule is N#CCCCc1nc(C2CCc3ccccc3C2)no1. The van der Waals surface area contributed by atoms with Crippen molar-refractivity contribution in [3.05, 3.63) is 47.1 Å². The molecule has 0 saturated heterocycles. The zero-order chi connectivity index (χ0) is 13.8.